The number of nitrogens with zero attached hydrogens (tertiary/aromatic N) is 4. The number of aromatic nitrogens is 2. The molecule has 0 saturated carbocycles. The Morgan fingerprint density at radius 1 is 1.42 bits per heavy atom. The van der Waals surface area contributed by atoms with Gasteiger partial charge in [-0.1, -0.05) is 6.58 Å². The lowest BCUT2D eigenvalue weighted by atomic mass is 10.3. The van der Waals surface area contributed by atoms with Gasteiger partial charge in [0.15, 0.2) is 0 Å². The number of aryl methyl sites for hydroxylation is 1. The van der Waals surface area contributed by atoms with Gasteiger partial charge in [0, 0.05) is 26.8 Å². The molecule has 104 valence electrons. The second kappa shape index (κ2) is 6.72. The van der Waals surface area contributed by atoms with E-state index in [1.165, 1.54) is 11.0 Å². The van der Waals surface area contributed by atoms with E-state index in [1.54, 1.807) is 25.2 Å². The van der Waals surface area contributed by atoms with Crippen molar-refractivity contribution in [1.82, 2.24) is 19.6 Å². The van der Waals surface area contributed by atoms with Crippen LogP contribution >= 0.6 is 0 Å². The summed E-state index contributed by atoms with van der Waals surface area (Å²) >= 11 is 0. The molecule has 6 heteroatoms. The van der Waals surface area contributed by atoms with Crippen molar-refractivity contribution in [1.29, 1.82) is 0 Å². The van der Waals surface area contributed by atoms with Crippen LogP contribution in [0.25, 0.3) is 0 Å². The minimum absolute atomic E-state index is 0.0433. The second-order valence-electron chi connectivity index (χ2n) is 4.29. The van der Waals surface area contributed by atoms with Gasteiger partial charge in [0.1, 0.15) is 0 Å². The van der Waals surface area contributed by atoms with Crippen molar-refractivity contribution in [3.05, 3.63) is 30.6 Å². The summed E-state index contributed by atoms with van der Waals surface area (Å²) in [5.41, 5.74) is 0.969. The maximum Gasteiger partial charge on any atom is 0.246 e. The molecule has 0 bridgehead atoms. The normalized spacial score (nSPS) is 10.1. The molecule has 0 fully saturated rings. The molecule has 0 N–H and O–H groups in total. The molecule has 0 aliphatic heterocycles. The molecule has 1 rings (SSSR count). The zero-order valence-corrected chi connectivity index (χ0v) is 11.7. The predicted molar refractivity (Wildman–Crippen MR) is 72.2 cm³/mol. The van der Waals surface area contributed by atoms with Crippen molar-refractivity contribution < 1.29 is 9.59 Å². The third-order valence-electron chi connectivity index (χ3n) is 2.85. The molecule has 1 heterocycles. The quantitative estimate of drug-likeness (QED) is 0.703. The lowest BCUT2D eigenvalue weighted by Gasteiger charge is -2.21. The van der Waals surface area contributed by atoms with Gasteiger partial charge < -0.3 is 9.80 Å². The van der Waals surface area contributed by atoms with E-state index in [4.69, 9.17) is 0 Å². The molecule has 6 nitrogen and oxygen atoms in total. The van der Waals surface area contributed by atoms with Gasteiger partial charge in [0.2, 0.25) is 11.8 Å². The fourth-order valence-corrected chi connectivity index (χ4v) is 1.67. The summed E-state index contributed by atoms with van der Waals surface area (Å²) in [5.74, 6) is -0.387. The summed E-state index contributed by atoms with van der Waals surface area (Å²) in [7, 11) is 3.29. The Morgan fingerprint density at radius 2 is 2.11 bits per heavy atom. The smallest absolute Gasteiger partial charge is 0.246 e. The highest BCUT2D eigenvalue weighted by atomic mass is 16.2. The fourth-order valence-electron chi connectivity index (χ4n) is 1.67. The largest absolute Gasteiger partial charge is 0.338 e. The van der Waals surface area contributed by atoms with Gasteiger partial charge in [-0.25, -0.2) is 0 Å². The molecular formula is C13H20N4O2. The first-order valence-electron chi connectivity index (χ1n) is 6.11. The number of hydrogen-bond acceptors (Lipinski definition) is 3. The maximum absolute atomic E-state index is 12.0. The summed E-state index contributed by atoms with van der Waals surface area (Å²) in [6.45, 7) is 6.67. The SMILES string of the molecule is C=CC(=O)N(C)CC(=O)N(C)Cc1ccnn1CC. The molecule has 1 aromatic rings. The van der Waals surface area contributed by atoms with Gasteiger partial charge in [0.05, 0.1) is 18.8 Å². The zero-order valence-electron chi connectivity index (χ0n) is 11.7. The van der Waals surface area contributed by atoms with E-state index in [0.717, 1.165) is 12.2 Å². The van der Waals surface area contributed by atoms with E-state index in [0.29, 0.717) is 6.54 Å². The van der Waals surface area contributed by atoms with Crippen molar-refractivity contribution in [2.45, 2.75) is 20.0 Å². The first-order chi connectivity index (χ1) is 8.99. The Morgan fingerprint density at radius 3 is 2.68 bits per heavy atom. The lowest BCUT2D eigenvalue weighted by Crippen LogP contribution is -2.38. The zero-order chi connectivity index (χ0) is 14.4. The third-order valence-corrected chi connectivity index (χ3v) is 2.85. The Labute approximate surface area is 113 Å². The Balaban J connectivity index is 2.58. The van der Waals surface area contributed by atoms with Crippen LogP contribution in [0.5, 0.6) is 0 Å². The molecule has 0 aromatic carbocycles. The summed E-state index contributed by atoms with van der Waals surface area (Å²) in [4.78, 5) is 26.2. The maximum atomic E-state index is 12.0. The number of likely N-dealkylation sites (N-methyl/N-ethyl adjacent to an activating group) is 2. The standard InChI is InChI=1S/C13H20N4O2/c1-5-12(18)16(4)10-13(19)15(3)9-11-7-8-14-17(11)6-2/h5,7-8H,1,6,9-10H2,2-4H3. The minimum Gasteiger partial charge on any atom is -0.338 e. The van der Waals surface area contributed by atoms with Crippen LogP contribution in [0, 0.1) is 0 Å². The summed E-state index contributed by atoms with van der Waals surface area (Å²) in [6.07, 6.45) is 2.91. The molecule has 2 amide bonds. The topological polar surface area (TPSA) is 58.4 Å². The van der Waals surface area contributed by atoms with Crippen LogP contribution in [-0.2, 0) is 22.7 Å². The highest BCUT2D eigenvalue weighted by molar-refractivity contribution is 5.90. The molecule has 0 radical (unpaired) electrons. The van der Waals surface area contributed by atoms with Crippen LogP contribution in [0.2, 0.25) is 0 Å². The molecule has 0 saturated heterocycles. The average Bonchev–Trinajstić information content (AvgIpc) is 2.84. The van der Waals surface area contributed by atoms with Crippen molar-refractivity contribution in [3.8, 4) is 0 Å². The van der Waals surface area contributed by atoms with Gasteiger partial charge >= 0.3 is 0 Å². The van der Waals surface area contributed by atoms with Gasteiger partial charge in [-0.2, -0.15) is 5.10 Å². The number of carbonyl (C=O) groups excluding carboxylic acids is 2. The van der Waals surface area contributed by atoms with Gasteiger partial charge in [-0.15, -0.1) is 0 Å². The Kier molecular flexibility index (Phi) is 5.29. The molecule has 19 heavy (non-hydrogen) atoms. The predicted octanol–water partition coefficient (Wildman–Crippen LogP) is 0.506. The number of amides is 2. The van der Waals surface area contributed by atoms with Crippen LogP contribution in [0.1, 0.15) is 12.6 Å². The molecule has 0 aliphatic carbocycles. The van der Waals surface area contributed by atoms with E-state index in [9.17, 15) is 9.59 Å². The minimum atomic E-state index is -0.264. The second-order valence-corrected chi connectivity index (χ2v) is 4.29. The third kappa shape index (κ3) is 3.94. The van der Waals surface area contributed by atoms with Crippen molar-refractivity contribution in [2.75, 3.05) is 20.6 Å². The van der Waals surface area contributed by atoms with Crippen molar-refractivity contribution in [3.63, 3.8) is 0 Å². The Bertz CT molecular complexity index is 467. The fraction of sp³-hybridized carbons (Fsp3) is 0.462. The molecule has 1 aromatic heterocycles. The van der Waals surface area contributed by atoms with Crippen molar-refractivity contribution in [2.24, 2.45) is 0 Å². The van der Waals surface area contributed by atoms with Crippen LogP contribution in [-0.4, -0.2) is 52.0 Å². The summed E-state index contributed by atoms with van der Waals surface area (Å²) in [6, 6.07) is 1.88. The molecule has 0 spiro atoms. The summed E-state index contributed by atoms with van der Waals surface area (Å²) in [5, 5.41) is 4.15. The van der Waals surface area contributed by atoms with E-state index >= 15 is 0 Å². The van der Waals surface area contributed by atoms with Crippen molar-refractivity contribution >= 4 is 11.8 Å². The van der Waals surface area contributed by atoms with E-state index in [-0.39, 0.29) is 18.4 Å². The number of carbonyl (C=O) groups is 2. The first-order valence-corrected chi connectivity index (χ1v) is 6.11. The van der Waals surface area contributed by atoms with Gasteiger partial charge in [0.25, 0.3) is 0 Å². The lowest BCUT2D eigenvalue weighted by molar-refractivity contribution is -0.136. The molecule has 0 unspecified atom stereocenters. The van der Waals surface area contributed by atoms with E-state index in [1.807, 2.05) is 17.7 Å². The summed E-state index contributed by atoms with van der Waals surface area (Å²) < 4.78 is 1.84. The number of hydrogen-bond donors (Lipinski definition) is 0. The van der Waals surface area contributed by atoms with Crippen LogP contribution in [0.3, 0.4) is 0 Å². The van der Waals surface area contributed by atoms with Crippen LogP contribution in [0.4, 0.5) is 0 Å². The van der Waals surface area contributed by atoms with Gasteiger partial charge in [-0.05, 0) is 19.1 Å². The average molecular weight is 264 g/mol. The number of rotatable bonds is 6. The highest BCUT2D eigenvalue weighted by Crippen LogP contribution is 2.03. The molecule has 0 atom stereocenters. The molecular weight excluding hydrogens is 244 g/mol. The van der Waals surface area contributed by atoms with E-state index < -0.39 is 0 Å². The molecule has 0 aliphatic rings. The monoisotopic (exact) mass is 264 g/mol. The highest BCUT2D eigenvalue weighted by Gasteiger charge is 2.15. The Hall–Kier alpha value is -2.11. The van der Waals surface area contributed by atoms with Crippen LogP contribution in [0.15, 0.2) is 24.9 Å². The first kappa shape index (κ1) is 14.9. The van der Waals surface area contributed by atoms with Gasteiger partial charge in [-0.3, -0.25) is 14.3 Å². The van der Waals surface area contributed by atoms with E-state index in [2.05, 4.69) is 11.7 Å². The van der Waals surface area contributed by atoms with Crippen LogP contribution < -0.4 is 0 Å².